The summed E-state index contributed by atoms with van der Waals surface area (Å²) in [4.78, 5) is 0. The van der Waals surface area contributed by atoms with Crippen molar-refractivity contribution in [3.63, 3.8) is 0 Å². The molecule has 0 aromatic heterocycles. The van der Waals surface area contributed by atoms with Crippen LogP contribution in [0.2, 0.25) is 0 Å². The lowest BCUT2D eigenvalue weighted by atomic mass is 9.96. The van der Waals surface area contributed by atoms with Crippen LogP contribution in [0.15, 0.2) is 24.3 Å². The molecule has 0 aliphatic rings. The molecule has 1 aromatic rings. The zero-order valence-electron chi connectivity index (χ0n) is 10.8. The molecule has 0 aliphatic carbocycles. The lowest BCUT2D eigenvalue weighted by Crippen LogP contribution is -2.20. The summed E-state index contributed by atoms with van der Waals surface area (Å²) in [5.74, 6) is -3.40. The zero-order chi connectivity index (χ0) is 12.9. The third-order valence-corrected chi connectivity index (χ3v) is 2.96. The van der Waals surface area contributed by atoms with Crippen LogP contribution in [0.4, 0.5) is 8.78 Å². The van der Waals surface area contributed by atoms with Gasteiger partial charge in [0.15, 0.2) is 0 Å². The van der Waals surface area contributed by atoms with Crippen LogP contribution in [0.3, 0.4) is 0 Å². The van der Waals surface area contributed by atoms with Crippen molar-refractivity contribution in [1.29, 1.82) is 0 Å². The Bertz CT molecular complexity index is 331. The predicted molar refractivity (Wildman–Crippen MR) is 67.4 cm³/mol. The summed E-state index contributed by atoms with van der Waals surface area (Å²) in [6, 6.07) is 6.71. The second-order valence-electron chi connectivity index (χ2n) is 4.68. The smallest absolute Gasteiger partial charge is 0.275 e. The highest BCUT2D eigenvalue weighted by atomic mass is 19.3. The predicted octanol–water partition coefficient (Wildman–Crippen LogP) is 3.59. The average Bonchev–Trinajstić information content (AvgIpc) is 2.30. The van der Waals surface area contributed by atoms with Gasteiger partial charge in [0.05, 0.1) is 0 Å². The molecule has 1 N–H and O–H groups in total. The van der Waals surface area contributed by atoms with Gasteiger partial charge in [0.1, 0.15) is 0 Å². The molecule has 0 saturated carbocycles. The molecule has 0 spiro atoms. The van der Waals surface area contributed by atoms with E-state index in [0.717, 1.165) is 24.9 Å². The highest BCUT2D eigenvalue weighted by molar-refractivity contribution is 5.26. The minimum absolute atomic E-state index is 0.116. The molecule has 0 radical (unpaired) electrons. The first-order valence-electron chi connectivity index (χ1n) is 6.10. The Kier molecular flexibility index (Phi) is 5.06. The van der Waals surface area contributed by atoms with Crippen molar-refractivity contribution >= 4 is 0 Å². The molecule has 1 nitrogen and oxygen atoms in total. The van der Waals surface area contributed by atoms with Crippen LogP contribution in [-0.4, -0.2) is 13.6 Å². The Labute approximate surface area is 102 Å². The second kappa shape index (κ2) is 6.10. The molecule has 17 heavy (non-hydrogen) atoms. The Morgan fingerprint density at radius 2 is 1.76 bits per heavy atom. The van der Waals surface area contributed by atoms with Crippen LogP contribution >= 0.6 is 0 Å². The van der Waals surface area contributed by atoms with Gasteiger partial charge in [-0.15, -0.1) is 0 Å². The molecule has 0 amide bonds. The molecule has 0 bridgehead atoms. The largest absolute Gasteiger partial charge is 0.320 e. The molecule has 0 saturated heterocycles. The van der Waals surface area contributed by atoms with Crippen molar-refractivity contribution < 1.29 is 8.78 Å². The molecular formula is C14H21F2N. The molecule has 96 valence electrons. The van der Waals surface area contributed by atoms with Gasteiger partial charge in [0.25, 0.3) is 5.92 Å². The third kappa shape index (κ3) is 3.77. The van der Waals surface area contributed by atoms with Gasteiger partial charge in [0.2, 0.25) is 0 Å². The summed E-state index contributed by atoms with van der Waals surface area (Å²) in [6.07, 6.45) is 1.95. The molecule has 0 atom stereocenters. The first-order valence-corrected chi connectivity index (χ1v) is 6.10. The van der Waals surface area contributed by atoms with Gasteiger partial charge in [0, 0.05) is 11.5 Å². The van der Waals surface area contributed by atoms with Gasteiger partial charge < -0.3 is 5.32 Å². The van der Waals surface area contributed by atoms with Crippen LogP contribution in [0.25, 0.3) is 0 Å². The number of benzene rings is 1. The van der Waals surface area contributed by atoms with Crippen molar-refractivity contribution in [2.45, 2.75) is 32.6 Å². The monoisotopic (exact) mass is 241 g/mol. The molecule has 0 fully saturated rings. The van der Waals surface area contributed by atoms with Crippen LogP contribution in [0.5, 0.6) is 0 Å². The molecule has 1 aromatic carbocycles. The van der Waals surface area contributed by atoms with Crippen LogP contribution in [-0.2, 0) is 12.3 Å². The summed E-state index contributed by atoms with van der Waals surface area (Å²) >= 11 is 0. The van der Waals surface area contributed by atoms with Crippen molar-refractivity contribution in [3.05, 3.63) is 35.4 Å². The van der Waals surface area contributed by atoms with E-state index in [-0.39, 0.29) is 5.56 Å². The highest BCUT2D eigenvalue weighted by Crippen LogP contribution is 2.35. The maximum atomic E-state index is 13.7. The minimum Gasteiger partial charge on any atom is -0.320 e. The van der Waals surface area contributed by atoms with Gasteiger partial charge in [-0.2, -0.15) is 0 Å². The van der Waals surface area contributed by atoms with E-state index in [1.54, 1.807) is 38.1 Å². The molecule has 3 heteroatoms. The van der Waals surface area contributed by atoms with Crippen LogP contribution in [0.1, 0.15) is 31.4 Å². The van der Waals surface area contributed by atoms with E-state index in [4.69, 9.17) is 0 Å². The van der Waals surface area contributed by atoms with E-state index in [9.17, 15) is 8.78 Å². The number of rotatable bonds is 6. The number of aryl methyl sites for hydroxylation is 1. The summed E-state index contributed by atoms with van der Waals surface area (Å²) < 4.78 is 27.4. The first-order chi connectivity index (χ1) is 7.98. The SMILES string of the molecule is CNCCCc1ccc(C(F)(F)C(C)C)cc1. The van der Waals surface area contributed by atoms with Gasteiger partial charge >= 0.3 is 0 Å². The van der Waals surface area contributed by atoms with Gasteiger partial charge in [-0.3, -0.25) is 0 Å². The Balaban J connectivity index is 2.68. The normalized spacial score (nSPS) is 12.1. The molecule has 0 heterocycles. The summed E-state index contributed by atoms with van der Waals surface area (Å²) in [5, 5.41) is 3.07. The molecule has 0 unspecified atom stereocenters. The van der Waals surface area contributed by atoms with E-state index in [1.807, 2.05) is 7.05 Å². The number of alkyl halides is 2. The van der Waals surface area contributed by atoms with Crippen molar-refractivity contribution in [1.82, 2.24) is 5.32 Å². The number of hydrogen-bond acceptors (Lipinski definition) is 1. The fourth-order valence-corrected chi connectivity index (χ4v) is 1.70. The fourth-order valence-electron chi connectivity index (χ4n) is 1.70. The highest BCUT2D eigenvalue weighted by Gasteiger charge is 2.35. The lowest BCUT2D eigenvalue weighted by molar-refractivity contribution is -0.0513. The summed E-state index contributed by atoms with van der Waals surface area (Å²) in [6.45, 7) is 4.03. The maximum Gasteiger partial charge on any atom is 0.275 e. The summed E-state index contributed by atoms with van der Waals surface area (Å²) in [7, 11) is 1.91. The Morgan fingerprint density at radius 1 is 1.18 bits per heavy atom. The van der Waals surface area contributed by atoms with Gasteiger partial charge in [-0.1, -0.05) is 38.1 Å². The molecule has 1 rings (SSSR count). The van der Waals surface area contributed by atoms with Gasteiger partial charge in [-0.05, 0) is 32.0 Å². The maximum absolute atomic E-state index is 13.7. The van der Waals surface area contributed by atoms with Crippen LogP contribution < -0.4 is 5.32 Å². The fraction of sp³-hybridized carbons (Fsp3) is 0.571. The Morgan fingerprint density at radius 3 is 2.24 bits per heavy atom. The minimum atomic E-state index is -2.73. The third-order valence-electron chi connectivity index (χ3n) is 2.96. The van der Waals surface area contributed by atoms with Crippen LogP contribution in [0, 0.1) is 5.92 Å². The number of hydrogen-bond donors (Lipinski definition) is 1. The van der Waals surface area contributed by atoms with Crippen molar-refractivity contribution in [2.24, 2.45) is 5.92 Å². The number of halogens is 2. The summed E-state index contributed by atoms with van der Waals surface area (Å²) in [5.41, 5.74) is 1.23. The number of nitrogens with one attached hydrogen (secondary N) is 1. The average molecular weight is 241 g/mol. The second-order valence-corrected chi connectivity index (χ2v) is 4.68. The van der Waals surface area contributed by atoms with Crippen molar-refractivity contribution in [2.75, 3.05) is 13.6 Å². The quantitative estimate of drug-likeness (QED) is 0.750. The van der Waals surface area contributed by atoms with Gasteiger partial charge in [-0.25, -0.2) is 8.78 Å². The molecule has 0 aliphatic heterocycles. The van der Waals surface area contributed by atoms with E-state index < -0.39 is 11.8 Å². The topological polar surface area (TPSA) is 12.0 Å². The molecular weight excluding hydrogens is 220 g/mol. The Hall–Kier alpha value is -0.960. The van der Waals surface area contributed by atoms with E-state index in [2.05, 4.69) is 5.32 Å². The first kappa shape index (κ1) is 14.1. The standard InChI is InChI=1S/C14H21F2N/c1-11(2)14(15,16)13-8-6-12(7-9-13)5-4-10-17-3/h6-9,11,17H,4-5,10H2,1-3H3. The van der Waals surface area contributed by atoms with Crippen molar-refractivity contribution in [3.8, 4) is 0 Å². The lowest BCUT2D eigenvalue weighted by Gasteiger charge is -2.20. The van der Waals surface area contributed by atoms with E-state index in [1.165, 1.54) is 0 Å². The van der Waals surface area contributed by atoms with E-state index >= 15 is 0 Å². The zero-order valence-corrected chi connectivity index (χ0v) is 10.8. The van der Waals surface area contributed by atoms with E-state index in [0.29, 0.717) is 0 Å².